The number of hydrogen-bond acceptors (Lipinski definition) is 8. The molecule has 0 radical (unpaired) electrons. The van der Waals surface area contributed by atoms with Gasteiger partial charge in [0.25, 0.3) is 0 Å². The number of aromatic nitrogens is 2. The number of nitrogens with two attached hydrogens (primary N) is 1. The van der Waals surface area contributed by atoms with E-state index >= 15 is 0 Å². The van der Waals surface area contributed by atoms with Crippen LogP contribution >= 0.6 is 0 Å². The maximum absolute atomic E-state index is 9.81. The first-order valence-corrected chi connectivity index (χ1v) is 9.58. The second kappa shape index (κ2) is 9.68. The first-order valence-electron chi connectivity index (χ1n) is 9.58. The Hall–Kier alpha value is -2.42. The van der Waals surface area contributed by atoms with Gasteiger partial charge in [0, 0.05) is 44.5 Å². The monoisotopic (exact) mass is 387 g/mol. The van der Waals surface area contributed by atoms with E-state index in [0.717, 1.165) is 37.4 Å². The molecule has 8 heteroatoms. The molecule has 1 unspecified atom stereocenters. The van der Waals surface area contributed by atoms with Crippen LogP contribution in [0.25, 0.3) is 11.4 Å². The van der Waals surface area contributed by atoms with E-state index in [4.69, 9.17) is 20.2 Å². The van der Waals surface area contributed by atoms with Crippen LogP contribution in [0.15, 0.2) is 30.3 Å². The third kappa shape index (κ3) is 5.31. The van der Waals surface area contributed by atoms with Crippen LogP contribution < -0.4 is 20.7 Å². The zero-order chi connectivity index (χ0) is 19.9. The van der Waals surface area contributed by atoms with E-state index in [1.165, 1.54) is 0 Å². The van der Waals surface area contributed by atoms with Crippen molar-refractivity contribution in [2.24, 2.45) is 0 Å². The van der Waals surface area contributed by atoms with Crippen molar-refractivity contribution in [3.8, 4) is 17.1 Å². The highest BCUT2D eigenvalue weighted by Gasteiger charge is 2.20. The predicted octanol–water partition coefficient (Wildman–Crippen LogP) is 1.30. The Morgan fingerprint density at radius 1 is 1.32 bits per heavy atom. The summed E-state index contributed by atoms with van der Waals surface area (Å²) in [5.41, 5.74) is 6.87. The third-order valence-corrected chi connectivity index (χ3v) is 4.81. The Balaban J connectivity index is 1.77. The number of likely N-dealkylation sites (N-methyl/N-ethyl adjacent to an activating group) is 1. The molecule has 152 valence electrons. The van der Waals surface area contributed by atoms with Gasteiger partial charge in [0.15, 0.2) is 5.82 Å². The van der Waals surface area contributed by atoms with E-state index < -0.39 is 6.10 Å². The van der Waals surface area contributed by atoms with Crippen LogP contribution in [0, 0.1) is 0 Å². The highest BCUT2D eigenvalue weighted by atomic mass is 16.5. The molecule has 1 fully saturated rings. The number of hydrogen-bond donors (Lipinski definition) is 3. The average molecular weight is 387 g/mol. The Morgan fingerprint density at radius 2 is 2.11 bits per heavy atom. The van der Waals surface area contributed by atoms with Gasteiger partial charge in [-0.05, 0) is 32.0 Å². The number of nitrogen functional groups attached to an aromatic ring is 1. The first kappa shape index (κ1) is 20.3. The van der Waals surface area contributed by atoms with E-state index in [1.807, 2.05) is 31.3 Å². The number of benzene rings is 1. The van der Waals surface area contributed by atoms with Gasteiger partial charge in [-0.2, -0.15) is 0 Å². The van der Waals surface area contributed by atoms with Gasteiger partial charge in [-0.15, -0.1) is 0 Å². The summed E-state index contributed by atoms with van der Waals surface area (Å²) < 4.78 is 11.1. The van der Waals surface area contributed by atoms with Gasteiger partial charge in [0.05, 0.1) is 0 Å². The van der Waals surface area contributed by atoms with Gasteiger partial charge in [0.1, 0.15) is 30.1 Å². The molecule has 0 spiro atoms. The minimum absolute atomic E-state index is 0.208. The summed E-state index contributed by atoms with van der Waals surface area (Å²) in [5, 5.41) is 12.7. The molecule has 1 atom stereocenters. The first-order chi connectivity index (χ1) is 13.6. The van der Waals surface area contributed by atoms with E-state index in [1.54, 1.807) is 13.1 Å². The van der Waals surface area contributed by atoms with E-state index in [9.17, 15) is 5.11 Å². The maximum Gasteiger partial charge on any atom is 0.163 e. The Bertz CT molecular complexity index is 767. The lowest BCUT2D eigenvalue weighted by atomic mass is 10.1. The summed E-state index contributed by atoms with van der Waals surface area (Å²) >= 11 is 0. The fraction of sp³-hybridized carbons (Fsp3) is 0.500. The van der Waals surface area contributed by atoms with Gasteiger partial charge < -0.3 is 30.5 Å². The molecule has 1 aromatic heterocycles. The zero-order valence-corrected chi connectivity index (χ0v) is 16.5. The molecule has 2 aromatic rings. The van der Waals surface area contributed by atoms with E-state index in [0.29, 0.717) is 30.0 Å². The van der Waals surface area contributed by atoms with Crippen molar-refractivity contribution in [2.75, 3.05) is 51.1 Å². The summed E-state index contributed by atoms with van der Waals surface area (Å²) in [5.74, 6) is 2.42. The Labute approximate surface area is 165 Å². The van der Waals surface area contributed by atoms with E-state index in [-0.39, 0.29) is 6.61 Å². The van der Waals surface area contributed by atoms with Gasteiger partial charge in [-0.25, -0.2) is 9.97 Å². The third-order valence-electron chi connectivity index (χ3n) is 4.81. The molecule has 4 N–H and O–H groups in total. The fourth-order valence-electron chi connectivity index (χ4n) is 3.23. The zero-order valence-electron chi connectivity index (χ0n) is 16.5. The number of rotatable bonds is 8. The number of ether oxygens (including phenoxy) is 2. The summed E-state index contributed by atoms with van der Waals surface area (Å²) in [6, 6.07) is 9.68. The number of aliphatic hydroxyl groups excluding tert-OH is 1. The Kier molecular flexibility index (Phi) is 7.02. The van der Waals surface area contributed by atoms with E-state index in [2.05, 4.69) is 15.2 Å². The predicted molar refractivity (Wildman–Crippen MR) is 110 cm³/mol. The smallest absolute Gasteiger partial charge is 0.163 e. The molecule has 2 heterocycles. The van der Waals surface area contributed by atoms with Crippen LogP contribution in [0.3, 0.4) is 0 Å². The summed E-state index contributed by atoms with van der Waals surface area (Å²) in [6.45, 7) is 2.21. The van der Waals surface area contributed by atoms with Gasteiger partial charge in [0.2, 0.25) is 0 Å². The second-order valence-electron chi connectivity index (χ2n) is 6.98. The highest BCUT2D eigenvalue weighted by Crippen LogP contribution is 2.26. The maximum atomic E-state index is 9.81. The minimum atomic E-state index is -0.572. The number of aliphatic hydroxyl groups is 1. The van der Waals surface area contributed by atoms with Crippen LogP contribution in [0.5, 0.6) is 5.75 Å². The van der Waals surface area contributed by atoms with Gasteiger partial charge in [-0.1, -0.05) is 12.1 Å². The van der Waals surface area contributed by atoms with Crippen molar-refractivity contribution in [2.45, 2.75) is 25.0 Å². The molecular weight excluding hydrogens is 358 g/mol. The minimum Gasteiger partial charge on any atom is -0.491 e. The van der Waals surface area contributed by atoms with Crippen molar-refractivity contribution in [1.82, 2.24) is 15.3 Å². The van der Waals surface area contributed by atoms with Crippen molar-refractivity contribution < 1.29 is 14.6 Å². The number of anilines is 2. The van der Waals surface area contributed by atoms with Crippen molar-refractivity contribution in [1.29, 1.82) is 0 Å². The largest absolute Gasteiger partial charge is 0.491 e. The molecule has 1 saturated heterocycles. The van der Waals surface area contributed by atoms with Crippen LogP contribution in [-0.4, -0.2) is 67.7 Å². The summed E-state index contributed by atoms with van der Waals surface area (Å²) in [7, 11) is 3.82. The lowest BCUT2D eigenvalue weighted by Crippen LogP contribution is -2.37. The second-order valence-corrected chi connectivity index (χ2v) is 6.98. The van der Waals surface area contributed by atoms with Gasteiger partial charge >= 0.3 is 0 Å². The van der Waals surface area contributed by atoms with Crippen molar-refractivity contribution in [3.63, 3.8) is 0 Å². The van der Waals surface area contributed by atoms with Crippen LogP contribution in [0.1, 0.15) is 12.8 Å². The number of nitrogens with zero attached hydrogens (tertiary/aromatic N) is 3. The SMILES string of the molecule is CNCC(O)COc1cccc(-c2nc(N)cc(N(C)C3CCOCC3)n2)c1. The molecule has 3 rings (SSSR count). The van der Waals surface area contributed by atoms with Crippen LogP contribution in [-0.2, 0) is 4.74 Å². The Morgan fingerprint density at radius 3 is 2.86 bits per heavy atom. The molecular formula is C20H29N5O3. The normalized spacial score (nSPS) is 16.0. The molecule has 28 heavy (non-hydrogen) atoms. The molecule has 1 aliphatic heterocycles. The molecule has 1 aromatic carbocycles. The van der Waals surface area contributed by atoms with Crippen LogP contribution in [0.2, 0.25) is 0 Å². The molecule has 0 amide bonds. The molecule has 0 bridgehead atoms. The van der Waals surface area contributed by atoms with Crippen molar-refractivity contribution in [3.05, 3.63) is 30.3 Å². The molecule has 0 aliphatic carbocycles. The highest BCUT2D eigenvalue weighted by molar-refractivity contribution is 5.62. The van der Waals surface area contributed by atoms with Crippen LogP contribution in [0.4, 0.5) is 11.6 Å². The summed E-state index contributed by atoms with van der Waals surface area (Å²) in [6.07, 6.45) is 1.36. The summed E-state index contributed by atoms with van der Waals surface area (Å²) in [4.78, 5) is 11.3. The lowest BCUT2D eigenvalue weighted by Gasteiger charge is -2.32. The quantitative estimate of drug-likeness (QED) is 0.622. The lowest BCUT2D eigenvalue weighted by molar-refractivity contribution is 0.0853. The fourth-order valence-corrected chi connectivity index (χ4v) is 3.23. The average Bonchev–Trinajstić information content (AvgIpc) is 2.72. The standard InChI is InChI=1S/C20H29N5O3/c1-22-12-16(26)13-28-17-5-3-4-14(10-17)20-23-18(21)11-19(24-20)25(2)15-6-8-27-9-7-15/h3-5,10-11,15-16,22,26H,6-9,12-13H2,1-2H3,(H2,21,23,24). The topological polar surface area (TPSA) is 106 Å². The molecule has 0 saturated carbocycles. The molecule has 1 aliphatic rings. The van der Waals surface area contributed by atoms with Crippen molar-refractivity contribution >= 4 is 11.6 Å². The number of nitrogens with one attached hydrogen (secondary N) is 1. The molecule has 8 nitrogen and oxygen atoms in total. The van der Waals surface area contributed by atoms with Gasteiger partial charge in [-0.3, -0.25) is 0 Å².